The van der Waals surface area contributed by atoms with E-state index in [1.54, 1.807) is 40.5 Å². The minimum absolute atomic E-state index is 0.0150. The largest absolute Gasteiger partial charge is 0.504 e. The lowest BCUT2D eigenvalue weighted by Crippen LogP contribution is -2.14. The van der Waals surface area contributed by atoms with Crippen LogP contribution >= 0.6 is 0 Å². The fraction of sp³-hybridized carbons (Fsp3) is 0.741. The van der Waals surface area contributed by atoms with Crippen LogP contribution in [0.5, 0.6) is 23.0 Å². The van der Waals surface area contributed by atoms with Crippen LogP contribution in [0.15, 0.2) is 48.5 Å². The average Bonchev–Trinajstić information content (AvgIpc) is 1.65. The summed E-state index contributed by atoms with van der Waals surface area (Å²) in [6.07, 6.45) is 74.3. The first-order valence-electron chi connectivity index (χ1n) is 49.5. The van der Waals surface area contributed by atoms with Gasteiger partial charge in [-0.05, 0) is 386 Å². The van der Waals surface area contributed by atoms with Crippen molar-refractivity contribution in [3.05, 3.63) is 115 Å². The zero-order valence-electron chi connectivity index (χ0n) is 77.1. The predicted octanol–water partition coefficient (Wildman–Crippen LogP) is 29.4. The molecule has 8 fully saturated rings. The quantitative estimate of drug-likeness (QED) is 0.0152. The maximum atomic E-state index is 11.3. The summed E-state index contributed by atoms with van der Waals surface area (Å²) in [5.41, 5.74) is 17.8. The van der Waals surface area contributed by atoms with E-state index in [9.17, 15) is 60.0 Å². The number of aryl methyl sites for hydroxylation is 9. The first-order chi connectivity index (χ1) is 57.4. The van der Waals surface area contributed by atoms with Crippen LogP contribution in [0.4, 0.5) is 0 Å². The number of carboxylic acids is 4. The molecule has 0 aliphatic heterocycles. The summed E-state index contributed by atoms with van der Waals surface area (Å²) in [5, 5.41) is 77.3. The summed E-state index contributed by atoms with van der Waals surface area (Å²) in [6, 6.07) is 16.6. The summed E-state index contributed by atoms with van der Waals surface area (Å²) in [5.74, 6) is -2.39. The third-order valence-corrected chi connectivity index (χ3v) is 31.4. The summed E-state index contributed by atoms with van der Waals surface area (Å²) < 4.78 is 0. The normalized spacial score (nSPS) is 18.3. The molecule has 672 valence electrons. The Bertz CT molecular complexity index is 3540. The molecule has 0 unspecified atom stereocenters. The lowest BCUT2D eigenvalue weighted by molar-refractivity contribution is -0.144. The number of hydrogen-bond donors (Lipinski definition) is 8. The molecule has 4 aromatic carbocycles. The number of benzene rings is 4. The molecule has 0 amide bonds. The second-order valence-corrected chi connectivity index (χ2v) is 42.4. The van der Waals surface area contributed by atoms with E-state index in [-0.39, 0.29) is 33.8 Å². The molecule has 8 aliphatic rings. The van der Waals surface area contributed by atoms with E-state index >= 15 is 0 Å². The highest BCUT2D eigenvalue weighted by Gasteiger charge is 2.52. The van der Waals surface area contributed by atoms with Gasteiger partial charge in [0.1, 0.15) is 0 Å². The van der Waals surface area contributed by atoms with Crippen molar-refractivity contribution in [2.45, 2.75) is 466 Å². The highest BCUT2D eigenvalue weighted by molar-refractivity contribution is 5.79. The Morgan fingerprint density at radius 3 is 0.733 bits per heavy atom. The first-order valence-corrected chi connectivity index (χ1v) is 49.5. The second kappa shape index (κ2) is 46.8. The number of hydrogen-bond acceptors (Lipinski definition) is 8. The van der Waals surface area contributed by atoms with E-state index in [1.807, 2.05) is 6.07 Å². The average molecular weight is 1660 g/mol. The molecular weight excluding hydrogens is 1490 g/mol. The lowest BCUT2D eigenvalue weighted by atomic mass is 9.90. The van der Waals surface area contributed by atoms with Crippen LogP contribution in [0.3, 0.4) is 0 Å². The molecular formula is C108H168O12. The summed E-state index contributed by atoms with van der Waals surface area (Å²) in [4.78, 5) is 45.0. The van der Waals surface area contributed by atoms with Gasteiger partial charge in [0.2, 0.25) is 0 Å². The summed E-state index contributed by atoms with van der Waals surface area (Å²) >= 11 is 0. The molecule has 12 heteroatoms. The fourth-order valence-corrected chi connectivity index (χ4v) is 19.3. The van der Waals surface area contributed by atoms with Crippen LogP contribution < -0.4 is 0 Å². The van der Waals surface area contributed by atoms with Gasteiger partial charge in [0.05, 0.1) is 21.7 Å². The molecule has 12 nitrogen and oxygen atoms in total. The van der Waals surface area contributed by atoms with Gasteiger partial charge in [-0.1, -0.05) is 212 Å². The second-order valence-electron chi connectivity index (χ2n) is 42.4. The molecule has 0 heterocycles. The van der Waals surface area contributed by atoms with E-state index in [2.05, 4.69) is 79.7 Å². The Kier molecular flexibility index (Phi) is 38.1. The maximum Gasteiger partial charge on any atom is 0.309 e. The molecule has 0 spiro atoms. The van der Waals surface area contributed by atoms with Crippen molar-refractivity contribution in [1.82, 2.24) is 0 Å². The van der Waals surface area contributed by atoms with Crippen molar-refractivity contribution >= 4 is 23.9 Å². The molecule has 0 atom stereocenters. The number of aromatic hydroxyl groups is 4. The van der Waals surface area contributed by atoms with Gasteiger partial charge in [0, 0.05) is 5.56 Å². The molecule has 12 rings (SSSR count). The van der Waals surface area contributed by atoms with Gasteiger partial charge < -0.3 is 40.9 Å². The molecule has 8 N–H and O–H groups in total. The van der Waals surface area contributed by atoms with Crippen LogP contribution in [-0.2, 0) is 70.5 Å². The molecule has 0 aromatic heterocycles. The van der Waals surface area contributed by atoms with Gasteiger partial charge in [-0.3, -0.25) is 19.2 Å². The van der Waals surface area contributed by atoms with Gasteiger partial charge >= 0.3 is 23.9 Å². The van der Waals surface area contributed by atoms with Crippen molar-refractivity contribution in [1.29, 1.82) is 0 Å². The van der Waals surface area contributed by atoms with Crippen LogP contribution in [-0.4, -0.2) is 64.7 Å². The van der Waals surface area contributed by atoms with E-state index in [1.165, 1.54) is 265 Å². The lowest BCUT2D eigenvalue weighted by Gasteiger charge is -2.16. The Morgan fingerprint density at radius 1 is 0.242 bits per heavy atom. The van der Waals surface area contributed by atoms with Crippen molar-refractivity contribution in [3.8, 4) is 23.0 Å². The van der Waals surface area contributed by atoms with Gasteiger partial charge in [-0.15, -0.1) is 0 Å². The van der Waals surface area contributed by atoms with Crippen LogP contribution in [0.2, 0.25) is 0 Å². The van der Waals surface area contributed by atoms with E-state index in [0.29, 0.717) is 21.7 Å². The number of aliphatic carboxylic acids is 4. The van der Waals surface area contributed by atoms with E-state index in [4.69, 9.17) is 0 Å². The fourth-order valence-electron chi connectivity index (χ4n) is 19.3. The monoisotopic (exact) mass is 1660 g/mol. The maximum absolute atomic E-state index is 11.3. The van der Waals surface area contributed by atoms with Crippen LogP contribution in [0.25, 0.3) is 0 Å². The third kappa shape index (κ3) is 33.1. The van der Waals surface area contributed by atoms with Crippen LogP contribution in [0.1, 0.15) is 454 Å². The number of phenolic OH excluding ortho intramolecular Hbond substituents is 4. The molecule has 0 bridgehead atoms. The smallest absolute Gasteiger partial charge is 0.309 e. The Morgan fingerprint density at radius 2 is 0.467 bits per heavy atom. The standard InChI is InChI=1S/2C28H44O2.2C26H40O4/c1-22-14-15-24(12-8-4-6-10-16-27(3)18-19-27)25(23(22)2)13-9-5-7-11-17-28(20-21-28)26(29)30;1-22-20-24(12-8-4-6-10-14-27(3)16-17-27)25(21-23(22)2)13-9-5-7-11-15-28(18-19-28)26(29)30;1-25(16-17-25)14-8-4-2-6-10-20-12-13-22(27)23(28)21(20)11-7-3-5-9-15-26(18-19-26)24(29)30;1-25(14-15-25)12-8-4-2-6-10-20-18-22(27)23(28)19-21(20)11-7-3-5-9-13-26(16-17-26)24(29)30/h14-15H,4-13,16-21H2,1-3H3,(H,29,30);20-21H,4-19H2,1-3H3,(H,29,30);12-13,27-28H,2-11,14-19H2,1H3,(H,29,30);18-19,27-28H,2-17H2,1H3,(H,29,30). The topological polar surface area (TPSA) is 230 Å². The summed E-state index contributed by atoms with van der Waals surface area (Å²) in [6.45, 7) is 18.7. The predicted molar refractivity (Wildman–Crippen MR) is 492 cm³/mol. The highest BCUT2D eigenvalue weighted by Crippen LogP contribution is 2.55. The summed E-state index contributed by atoms with van der Waals surface area (Å²) in [7, 11) is 0. The number of unbranched alkanes of at least 4 members (excludes halogenated alkanes) is 24. The Balaban J connectivity index is 0.000000182. The zero-order chi connectivity index (χ0) is 86.5. The highest BCUT2D eigenvalue weighted by atomic mass is 16.4. The zero-order valence-corrected chi connectivity index (χ0v) is 77.1. The molecule has 0 saturated heterocycles. The number of phenols is 4. The Labute approximate surface area is 727 Å². The van der Waals surface area contributed by atoms with Crippen molar-refractivity contribution in [3.63, 3.8) is 0 Å². The molecule has 8 aliphatic carbocycles. The van der Waals surface area contributed by atoms with E-state index in [0.717, 1.165) is 191 Å². The van der Waals surface area contributed by atoms with E-state index < -0.39 is 34.7 Å². The first kappa shape index (κ1) is 97.8. The number of carboxylic acid groups (broad SMARTS) is 4. The molecule has 4 aromatic rings. The van der Waals surface area contributed by atoms with Crippen molar-refractivity contribution in [2.24, 2.45) is 43.3 Å². The minimum Gasteiger partial charge on any atom is -0.504 e. The van der Waals surface area contributed by atoms with Crippen molar-refractivity contribution in [2.75, 3.05) is 0 Å². The Hall–Kier alpha value is -6.04. The van der Waals surface area contributed by atoms with Gasteiger partial charge in [-0.2, -0.15) is 0 Å². The minimum atomic E-state index is -0.626. The molecule has 8 saturated carbocycles. The number of carbonyl (C=O) groups is 4. The third-order valence-electron chi connectivity index (χ3n) is 31.4. The molecule has 120 heavy (non-hydrogen) atoms. The SMILES string of the molecule is CC1(CCCCCCc2cc(O)c(O)cc2CCCCCCC2(C(=O)O)CC2)CC1.CC1(CCCCCCc2ccc(O)c(O)c2CCCCCCC2(C(=O)O)CC2)CC1.Cc1cc(CCCCCCC2(C)CC2)c(CCCCCCC2(C(=O)O)CC2)cc1C.Cc1ccc(CCCCCCC2(C)CC2)c(CCCCCCC2(C(=O)O)CC2)c1C. The number of rotatable bonds is 60. The van der Waals surface area contributed by atoms with Gasteiger partial charge in [0.15, 0.2) is 23.0 Å². The van der Waals surface area contributed by atoms with Crippen molar-refractivity contribution < 1.29 is 60.0 Å². The van der Waals surface area contributed by atoms with Gasteiger partial charge in [0.25, 0.3) is 0 Å². The van der Waals surface area contributed by atoms with Gasteiger partial charge in [-0.25, -0.2) is 0 Å². The van der Waals surface area contributed by atoms with Crippen LogP contribution in [0, 0.1) is 71.0 Å². The molecule has 0 radical (unpaired) electrons.